The van der Waals surface area contributed by atoms with Gasteiger partial charge in [-0.15, -0.1) is 0 Å². The molecule has 2 N–H and O–H groups in total. The SMILES string of the molecule is Cc1cccc(NCc2cc(Cl)ccc2O)c1. The van der Waals surface area contributed by atoms with Crippen molar-refractivity contribution in [1.29, 1.82) is 0 Å². The van der Waals surface area contributed by atoms with Gasteiger partial charge in [0.25, 0.3) is 0 Å². The van der Waals surface area contributed by atoms with Crippen LogP contribution in [0, 0.1) is 6.92 Å². The molecule has 0 aromatic heterocycles. The Balaban J connectivity index is 2.09. The van der Waals surface area contributed by atoms with Crippen molar-refractivity contribution in [3.05, 3.63) is 58.6 Å². The molecular weight excluding hydrogens is 234 g/mol. The first-order chi connectivity index (χ1) is 8.15. The van der Waals surface area contributed by atoms with E-state index in [1.807, 2.05) is 25.1 Å². The minimum atomic E-state index is 0.259. The molecule has 3 heteroatoms. The van der Waals surface area contributed by atoms with Crippen molar-refractivity contribution in [2.24, 2.45) is 0 Å². The van der Waals surface area contributed by atoms with Crippen molar-refractivity contribution in [2.75, 3.05) is 5.32 Å². The lowest BCUT2D eigenvalue weighted by Gasteiger charge is -2.09. The summed E-state index contributed by atoms with van der Waals surface area (Å²) in [5.41, 5.74) is 3.02. The lowest BCUT2D eigenvalue weighted by atomic mass is 10.2. The Bertz CT molecular complexity index is 525. The molecule has 0 spiro atoms. The second-order valence-corrected chi connectivity index (χ2v) is 4.43. The van der Waals surface area contributed by atoms with Crippen LogP contribution in [0.2, 0.25) is 5.02 Å². The molecule has 0 atom stereocenters. The van der Waals surface area contributed by atoms with E-state index in [0.717, 1.165) is 11.3 Å². The second kappa shape index (κ2) is 5.11. The van der Waals surface area contributed by atoms with E-state index in [1.54, 1.807) is 18.2 Å². The summed E-state index contributed by atoms with van der Waals surface area (Å²) < 4.78 is 0. The maximum absolute atomic E-state index is 9.67. The molecule has 0 radical (unpaired) electrons. The average molecular weight is 248 g/mol. The van der Waals surface area contributed by atoms with Crippen LogP contribution in [-0.2, 0) is 6.54 Å². The highest BCUT2D eigenvalue weighted by atomic mass is 35.5. The third-order valence-corrected chi connectivity index (χ3v) is 2.78. The number of aryl methyl sites for hydroxylation is 1. The Hall–Kier alpha value is -1.67. The Labute approximate surface area is 106 Å². The van der Waals surface area contributed by atoms with Gasteiger partial charge in [0.2, 0.25) is 0 Å². The predicted molar refractivity (Wildman–Crippen MR) is 71.6 cm³/mol. The summed E-state index contributed by atoms with van der Waals surface area (Å²) in [5, 5.41) is 13.5. The summed E-state index contributed by atoms with van der Waals surface area (Å²) in [5.74, 6) is 0.259. The number of aromatic hydroxyl groups is 1. The smallest absolute Gasteiger partial charge is 0.120 e. The van der Waals surface area contributed by atoms with E-state index in [4.69, 9.17) is 11.6 Å². The van der Waals surface area contributed by atoms with Crippen LogP contribution >= 0.6 is 11.6 Å². The van der Waals surface area contributed by atoms with Gasteiger partial charge in [0.05, 0.1) is 0 Å². The van der Waals surface area contributed by atoms with E-state index >= 15 is 0 Å². The van der Waals surface area contributed by atoms with Crippen LogP contribution in [0.1, 0.15) is 11.1 Å². The molecule has 0 aliphatic carbocycles. The molecule has 0 saturated heterocycles. The van der Waals surface area contributed by atoms with Crippen LogP contribution in [0.25, 0.3) is 0 Å². The van der Waals surface area contributed by atoms with Crippen molar-refractivity contribution < 1.29 is 5.11 Å². The van der Waals surface area contributed by atoms with E-state index in [-0.39, 0.29) is 5.75 Å². The van der Waals surface area contributed by atoms with Crippen LogP contribution in [-0.4, -0.2) is 5.11 Å². The number of rotatable bonds is 3. The monoisotopic (exact) mass is 247 g/mol. The highest BCUT2D eigenvalue weighted by Crippen LogP contribution is 2.22. The van der Waals surface area contributed by atoms with Crippen molar-refractivity contribution in [3.8, 4) is 5.75 Å². The molecule has 2 rings (SSSR count). The Morgan fingerprint density at radius 3 is 2.76 bits per heavy atom. The fourth-order valence-corrected chi connectivity index (χ4v) is 1.84. The molecule has 2 aromatic rings. The first-order valence-electron chi connectivity index (χ1n) is 5.43. The zero-order valence-corrected chi connectivity index (χ0v) is 10.3. The maximum atomic E-state index is 9.67. The summed E-state index contributed by atoms with van der Waals surface area (Å²) in [6.45, 7) is 2.60. The third-order valence-electron chi connectivity index (χ3n) is 2.54. The Morgan fingerprint density at radius 2 is 2.00 bits per heavy atom. The number of hydrogen-bond acceptors (Lipinski definition) is 2. The van der Waals surface area contributed by atoms with Gasteiger partial charge in [-0.3, -0.25) is 0 Å². The molecule has 2 nitrogen and oxygen atoms in total. The molecule has 0 fully saturated rings. The van der Waals surface area contributed by atoms with Gasteiger partial charge >= 0.3 is 0 Å². The molecule has 2 aromatic carbocycles. The largest absolute Gasteiger partial charge is 0.508 e. The molecule has 0 unspecified atom stereocenters. The minimum Gasteiger partial charge on any atom is -0.508 e. The fraction of sp³-hybridized carbons (Fsp3) is 0.143. The average Bonchev–Trinajstić information content (AvgIpc) is 2.30. The second-order valence-electron chi connectivity index (χ2n) is 4.00. The van der Waals surface area contributed by atoms with Crippen molar-refractivity contribution in [3.63, 3.8) is 0 Å². The number of nitrogens with one attached hydrogen (secondary N) is 1. The molecular formula is C14H14ClNO. The van der Waals surface area contributed by atoms with Gasteiger partial charge in [-0.25, -0.2) is 0 Å². The summed E-state index contributed by atoms with van der Waals surface area (Å²) >= 11 is 5.88. The molecule has 0 amide bonds. The number of benzene rings is 2. The van der Waals surface area contributed by atoms with Crippen LogP contribution in [0.3, 0.4) is 0 Å². The van der Waals surface area contributed by atoms with Crippen molar-refractivity contribution >= 4 is 17.3 Å². The Morgan fingerprint density at radius 1 is 1.18 bits per heavy atom. The summed E-state index contributed by atoms with van der Waals surface area (Å²) in [6.07, 6.45) is 0. The van der Waals surface area contributed by atoms with E-state index in [0.29, 0.717) is 11.6 Å². The zero-order valence-electron chi connectivity index (χ0n) is 9.57. The molecule has 17 heavy (non-hydrogen) atoms. The van der Waals surface area contributed by atoms with E-state index in [2.05, 4.69) is 11.4 Å². The molecule has 0 aliphatic rings. The van der Waals surface area contributed by atoms with Crippen molar-refractivity contribution in [2.45, 2.75) is 13.5 Å². The lowest BCUT2D eigenvalue weighted by molar-refractivity contribution is 0.469. The molecule has 0 aliphatic heterocycles. The first kappa shape index (κ1) is 11.8. The predicted octanol–water partition coefficient (Wildman–Crippen LogP) is 3.97. The van der Waals surface area contributed by atoms with Gasteiger partial charge in [0.1, 0.15) is 5.75 Å². The quantitative estimate of drug-likeness (QED) is 0.860. The minimum absolute atomic E-state index is 0.259. The third kappa shape index (κ3) is 3.14. The molecule has 0 saturated carbocycles. The molecule has 0 bridgehead atoms. The highest BCUT2D eigenvalue weighted by Gasteiger charge is 2.02. The maximum Gasteiger partial charge on any atom is 0.120 e. The number of anilines is 1. The van der Waals surface area contributed by atoms with E-state index < -0.39 is 0 Å². The number of halogens is 1. The highest BCUT2D eigenvalue weighted by molar-refractivity contribution is 6.30. The number of hydrogen-bond donors (Lipinski definition) is 2. The van der Waals surface area contributed by atoms with E-state index in [1.165, 1.54) is 5.56 Å². The zero-order chi connectivity index (χ0) is 12.3. The molecule has 88 valence electrons. The van der Waals surface area contributed by atoms with Crippen LogP contribution < -0.4 is 5.32 Å². The number of phenolic OH excluding ortho intramolecular Hbond substituents is 1. The van der Waals surface area contributed by atoms with Crippen LogP contribution in [0.4, 0.5) is 5.69 Å². The van der Waals surface area contributed by atoms with Gasteiger partial charge in [-0.05, 0) is 42.8 Å². The Kier molecular flexibility index (Phi) is 3.55. The summed E-state index contributed by atoms with van der Waals surface area (Å²) in [4.78, 5) is 0. The van der Waals surface area contributed by atoms with Gasteiger partial charge in [-0.1, -0.05) is 23.7 Å². The first-order valence-corrected chi connectivity index (χ1v) is 5.81. The fourth-order valence-electron chi connectivity index (χ4n) is 1.65. The van der Waals surface area contributed by atoms with Gasteiger partial charge < -0.3 is 10.4 Å². The molecule has 0 heterocycles. The normalized spacial score (nSPS) is 10.2. The van der Waals surface area contributed by atoms with E-state index in [9.17, 15) is 5.11 Å². The number of phenols is 1. The standard InChI is InChI=1S/C14H14ClNO/c1-10-3-2-4-13(7-10)16-9-11-8-12(15)5-6-14(11)17/h2-8,16-17H,9H2,1H3. The van der Waals surface area contributed by atoms with Crippen molar-refractivity contribution in [1.82, 2.24) is 0 Å². The lowest BCUT2D eigenvalue weighted by Crippen LogP contribution is -1.99. The summed E-state index contributed by atoms with van der Waals surface area (Å²) in [6, 6.07) is 13.1. The van der Waals surface area contributed by atoms with Gasteiger partial charge in [0, 0.05) is 22.8 Å². The van der Waals surface area contributed by atoms with Gasteiger partial charge in [0.15, 0.2) is 0 Å². The topological polar surface area (TPSA) is 32.3 Å². The summed E-state index contributed by atoms with van der Waals surface area (Å²) in [7, 11) is 0. The van der Waals surface area contributed by atoms with Gasteiger partial charge in [-0.2, -0.15) is 0 Å². The van der Waals surface area contributed by atoms with Crippen LogP contribution in [0.15, 0.2) is 42.5 Å². The van der Waals surface area contributed by atoms with Crippen LogP contribution in [0.5, 0.6) is 5.75 Å².